The molecule has 20 nitrogen and oxygen atoms in total. The van der Waals surface area contributed by atoms with Gasteiger partial charge in [0.05, 0.1) is 11.8 Å². The van der Waals surface area contributed by atoms with Crippen LogP contribution in [0.2, 0.25) is 0 Å². The fourth-order valence-corrected chi connectivity index (χ4v) is 6.14. The Morgan fingerprint density at radius 2 is 0.889 bits per heavy atom. The number of hydrogen-bond acceptors (Lipinski definition) is 19. The van der Waals surface area contributed by atoms with Crippen molar-refractivity contribution in [3.63, 3.8) is 0 Å². The van der Waals surface area contributed by atoms with Gasteiger partial charge < -0.3 is 43.0 Å². The van der Waals surface area contributed by atoms with Gasteiger partial charge in [-0.3, -0.25) is 52.7 Å². The van der Waals surface area contributed by atoms with Crippen LogP contribution < -0.4 is 0 Å². The number of hydrogen-bond donors (Lipinski definition) is 1. The minimum Gasteiger partial charge on any atom is -0.481 e. The molecule has 11 unspecified atom stereocenters. The molecule has 0 radical (unpaired) electrons. The van der Waals surface area contributed by atoms with Gasteiger partial charge in [0.15, 0.2) is 0 Å². The van der Waals surface area contributed by atoms with E-state index >= 15 is 0 Å². The molecule has 0 spiro atoms. The van der Waals surface area contributed by atoms with E-state index < -0.39 is 138 Å². The highest BCUT2D eigenvalue weighted by atomic mass is 16.6. The maximum absolute atomic E-state index is 14.2. The van der Waals surface area contributed by atoms with Crippen LogP contribution in [0.3, 0.4) is 0 Å². The molecule has 1 heterocycles. The van der Waals surface area contributed by atoms with Crippen LogP contribution in [-0.2, 0) is 90.6 Å². The number of aliphatic carboxylic acids is 1. The van der Waals surface area contributed by atoms with Gasteiger partial charge in [0.2, 0.25) is 0 Å². The second kappa shape index (κ2) is 20.7. The summed E-state index contributed by atoms with van der Waals surface area (Å²) < 4.78 is 41.9. The molecule has 1 N–H and O–H groups in total. The Labute approximate surface area is 309 Å². The summed E-state index contributed by atoms with van der Waals surface area (Å²) in [7, 11) is 0. The summed E-state index contributed by atoms with van der Waals surface area (Å²) in [6.45, 7) is 10.1. The summed E-state index contributed by atoms with van der Waals surface area (Å²) in [5.41, 5.74) is 0. The first kappa shape index (κ1) is 46.6. The zero-order valence-corrected chi connectivity index (χ0v) is 31.5. The first-order chi connectivity index (χ1) is 24.9. The van der Waals surface area contributed by atoms with Crippen molar-refractivity contribution in [3.05, 3.63) is 0 Å². The van der Waals surface area contributed by atoms with Crippen molar-refractivity contribution in [3.8, 4) is 0 Å². The Morgan fingerprint density at radius 3 is 1.20 bits per heavy atom. The van der Waals surface area contributed by atoms with E-state index in [2.05, 4.69) is 0 Å². The fourth-order valence-electron chi connectivity index (χ4n) is 6.14. The van der Waals surface area contributed by atoms with E-state index in [9.17, 15) is 57.8 Å². The van der Waals surface area contributed by atoms with Gasteiger partial charge in [0, 0.05) is 48.0 Å². The average molecular weight is 775 g/mol. The molecule has 0 amide bonds. The van der Waals surface area contributed by atoms with E-state index in [1.54, 1.807) is 0 Å². The first-order valence-corrected chi connectivity index (χ1v) is 16.7. The summed E-state index contributed by atoms with van der Waals surface area (Å²) in [5, 5.41) is 9.93. The van der Waals surface area contributed by atoms with Crippen LogP contribution >= 0.6 is 0 Å². The predicted octanol–water partition coefficient (Wildman–Crippen LogP) is 0.755. The monoisotopic (exact) mass is 774 g/mol. The molecule has 0 aromatic rings. The van der Waals surface area contributed by atoms with E-state index in [0.717, 1.165) is 62.3 Å². The average Bonchev–Trinajstić information content (AvgIpc) is 2.97. The molecule has 54 heavy (non-hydrogen) atoms. The number of esters is 10. The molecule has 20 heteroatoms. The van der Waals surface area contributed by atoms with E-state index in [0.29, 0.717) is 0 Å². The lowest BCUT2D eigenvalue weighted by atomic mass is 9.80. The molecular weight excluding hydrogens is 728 g/mol. The van der Waals surface area contributed by atoms with Gasteiger partial charge in [-0.2, -0.15) is 0 Å². The van der Waals surface area contributed by atoms with Crippen molar-refractivity contribution in [1.82, 2.24) is 0 Å². The smallest absolute Gasteiger partial charge is 0.324 e. The van der Waals surface area contributed by atoms with Crippen LogP contribution in [0.5, 0.6) is 0 Å². The molecule has 1 aliphatic rings. The van der Waals surface area contributed by atoms with Gasteiger partial charge in [-0.15, -0.1) is 0 Å². The molecule has 1 aliphatic heterocycles. The Balaban J connectivity index is 4.39. The number of carbonyl (C=O) groups is 11. The SMILES string of the molecule is CCC(C(=O)O)C(CC1C(=O)OC(=O)C(C(C)OC(C)=O)C(OC(C)=O)C(C(C)OC(C)=O)C(=O)OC(=O)C(C(C)OC(C)=O)C1OC(C)=O)OC(C)=O. The van der Waals surface area contributed by atoms with E-state index in [-0.39, 0.29) is 6.42 Å². The summed E-state index contributed by atoms with van der Waals surface area (Å²) in [4.78, 5) is 142. The molecule has 1 saturated heterocycles. The molecule has 0 aromatic carbocycles. The van der Waals surface area contributed by atoms with Crippen LogP contribution in [0.25, 0.3) is 0 Å². The fraction of sp³-hybridized carbons (Fsp3) is 0.676. The topological polar surface area (TPSA) is 282 Å². The van der Waals surface area contributed by atoms with Crippen molar-refractivity contribution < 1.29 is 95.7 Å². The van der Waals surface area contributed by atoms with Gasteiger partial charge in [0.25, 0.3) is 0 Å². The normalized spacial score (nSPS) is 24.9. The molecule has 1 fully saturated rings. The molecule has 0 aromatic heterocycles. The molecular formula is C34H46O20. The van der Waals surface area contributed by atoms with E-state index in [1.807, 2.05) is 0 Å². The molecule has 0 saturated carbocycles. The lowest BCUT2D eigenvalue weighted by molar-refractivity contribution is -0.197. The van der Waals surface area contributed by atoms with Crippen molar-refractivity contribution in [2.75, 3.05) is 0 Å². The van der Waals surface area contributed by atoms with Crippen LogP contribution in [0.15, 0.2) is 0 Å². The summed E-state index contributed by atoms with van der Waals surface area (Å²) in [6, 6.07) is 0. The highest BCUT2D eigenvalue weighted by Crippen LogP contribution is 2.35. The van der Waals surface area contributed by atoms with E-state index in [4.69, 9.17) is 37.9 Å². The standard InChI is InChI=1S/C34H46O20/c1-11-22(30(41)42)24(50-19(8)38)12-23-28(51-20(9)39)25(13(2)47-16(5)35)32(44)54-34(46)27(15(4)49-18(7)37)29(52-21(10)40)26(14(3)48-17(6)36)33(45)53-31(23)43/h13-15,22-29H,11-12H2,1-10H3,(H,41,42). The Kier molecular flexibility index (Phi) is 17.9. The lowest BCUT2D eigenvalue weighted by Gasteiger charge is -2.38. The summed E-state index contributed by atoms with van der Waals surface area (Å²) in [6.07, 6.45) is -12.3. The third kappa shape index (κ3) is 13.5. The third-order valence-corrected chi connectivity index (χ3v) is 8.17. The number of rotatable bonds is 14. The third-order valence-electron chi connectivity index (χ3n) is 8.17. The summed E-state index contributed by atoms with van der Waals surface area (Å²) in [5.74, 6) is -24.5. The van der Waals surface area contributed by atoms with Crippen LogP contribution in [0, 0.1) is 29.6 Å². The van der Waals surface area contributed by atoms with Gasteiger partial charge in [-0.05, 0) is 27.2 Å². The van der Waals surface area contributed by atoms with Crippen molar-refractivity contribution in [2.24, 2.45) is 29.6 Å². The number of carboxylic acids is 1. The maximum Gasteiger partial charge on any atom is 0.324 e. The molecule has 0 bridgehead atoms. The Hall–Kier alpha value is -5.43. The maximum atomic E-state index is 14.2. The second-order valence-corrected chi connectivity index (χ2v) is 12.5. The molecule has 1 rings (SSSR count). The Bertz CT molecular complexity index is 1480. The molecule has 11 atom stereocenters. The Morgan fingerprint density at radius 1 is 0.556 bits per heavy atom. The quantitative estimate of drug-likeness (QED) is 0.145. The van der Waals surface area contributed by atoms with Gasteiger partial charge in [0.1, 0.15) is 54.4 Å². The van der Waals surface area contributed by atoms with Gasteiger partial charge in [-0.1, -0.05) is 6.92 Å². The lowest BCUT2D eigenvalue weighted by Crippen LogP contribution is -2.55. The largest absolute Gasteiger partial charge is 0.481 e. The molecule has 302 valence electrons. The second-order valence-electron chi connectivity index (χ2n) is 12.5. The predicted molar refractivity (Wildman–Crippen MR) is 173 cm³/mol. The van der Waals surface area contributed by atoms with Crippen LogP contribution in [-0.4, -0.2) is 107 Å². The highest BCUT2D eigenvalue weighted by Gasteiger charge is 2.55. The first-order valence-electron chi connectivity index (χ1n) is 16.7. The number of ether oxygens (including phenoxy) is 8. The number of carboxylic acid groups (broad SMARTS) is 1. The zero-order chi connectivity index (χ0) is 41.8. The van der Waals surface area contributed by atoms with E-state index in [1.165, 1.54) is 6.92 Å². The minimum atomic E-state index is -2.21. The highest BCUT2D eigenvalue weighted by molar-refractivity contribution is 5.94. The number of carbonyl (C=O) groups excluding carboxylic acids is 10. The summed E-state index contributed by atoms with van der Waals surface area (Å²) >= 11 is 0. The minimum absolute atomic E-state index is 0.204. The van der Waals surface area contributed by atoms with Crippen molar-refractivity contribution >= 4 is 65.7 Å². The molecule has 0 aliphatic carbocycles. The van der Waals surface area contributed by atoms with Crippen LogP contribution in [0.1, 0.15) is 82.1 Å². The van der Waals surface area contributed by atoms with Gasteiger partial charge in [-0.25, -0.2) is 0 Å². The van der Waals surface area contributed by atoms with Crippen molar-refractivity contribution in [2.45, 2.75) is 119 Å². The zero-order valence-electron chi connectivity index (χ0n) is 31.5. The van der Waals surface area contributed by atoms with Crippen molar-refractivity contribution in [1.29, 1.82) is 0 Å². The number of cyclic esters (lactones) is 4. The van der Waals surface area contributed by atoms with Crippen LogP contribution in [0.4, 0.5) is 0 Å². The van der Waals surface area contributed by atoms with Gasteiger partial charge >= 0.3 is 65.7 Å².